The van der Waals surface area contributed by atoms with E-state index in [0.29, 0.717) is 19.5 Å². The smallest absolute Gasteiger partial charge is 0.239 e. The lowest BCUT2D eigenvalue weighted by Crippen LogP contribution is -2.62. The van der Waals surface area contributed by atoms with Gasteiger partial charge in [0, 0.05) is 37.8 Å². The van der Waals surface area contributed by atoms with Crippen LogP contribution in [-0.2, 0) is 11.2 Å². The van der Waals surface area contributed by atoms with Gasteiger partial charge in [-0.2, -0.15) is 0 Å². The first-order valence-electron chi connectivity index (χ1n) is 9.00. The standard InChI is InChI=1S/C19H32N4O2/c1-19(2,3)22-18(25)16-12-21-9-10-23(16)13-17(24)15(20)11-14-7-5-4-6-8-14/h4-8,15-17,21,24H,9-13,20H2,1-3H3,(H,22,25)/t15-,16-,17+/m0/s1. The maximum atomic E-state index is 12.6. The zero-order valence-electron chi connectivity index (χ0n) is 15.5. The Kier molecular flexibility index (Phi) is 6.95. The number of rotatable bonds is 6. The number of nitrogens with one attached hydrogen (secondary N) is 2. The van der Waals surface area contributed by atoms with Crippen molar-refractivity contribution in [2.24, 2.45) is 5.73 Å². The van der Waals surface area contributed by atoms with Crippen LogP contribution in [0.4, 0.5) is 0 Å². The molecule has 0 spiro atoms. The van der Waals surface area contributed by atoms with E-state index in [-0.39, 0.29) is 23.5 Å². The fourth-order valence-electron chi connectivity index (χ4n) is 3.07. The fraction of sp³-hybridized carbons (Fsp3) is 0.632. The van der Waals surface area contributed by atoms with Gasteiger partial charge in [0.15, 0.2) is 0 Å². The Balaban J connectivity index is 1.94. The summed E-state index contributed by atoms with van der Waals surface area (Å²) >= 11 is 0. The minimum absolute atomic E-state index is 0.0106. The molecule has 140 valence electrons. The Morgan fingerprint density at radius 2 is 2.08 bits per heavy atom. The van der Waals surface area contributed by atoms with Gasteiger partial charge in [0.25, 0.3) is 0 Å². The molecule has 5 N–H and O–H groups in total. The topological polar surface area (TPSA) is 90.6 Å². The van der Waals surface area contributed by atoms with Gasteiger partial charge in [-0.25, -0.2) is 0 Å². The van der Waals surface area contributed by atoms with Gasteiger partial charge in [-0.15, -0.1) is 0 Å². The third-order valence-electron chi connectivity index (χ3n) is 4.39. The Morgan fingerprint density at radius 3 is 2.72 bits per heavy atom. The van der Waals surface area contributed by atoms with Crippen LogP contribution in [0.3, 0.4) is 0 Å². The Hall–Kier alpha value is -1.47. The van der Waals surface area contributed by atoms with E-state index in [2.05, 4.69) is 10.6 Å². The molecule has 1 heterocycles. The average Bonchev–Trinajstić information content (AvgIpc) is 2.54. The number of piperazine rings is 1. The van der Waals surface area contributed by atoms with Crippen molar-refractivity contribution in [3.63, 3.8) is 0 Å². The molecule has 0 aliphatic carbocycles. The Labute approximate surface area is 150 Å². The van der Waals surface area contributed by atoms with Crippen molar-refractivity contribution in [2.45, 2.75) is 50.9 Å². The van der Waals surface area contributed by atoms with Crippen LogP contribution in [0.2, 0.25) is 0 Å². The van der Waals surface area contributed by atoms with Gasteiger partial charge in [-0.3, -0.25) is 9.69 Å². The molecule has 1 aliphatic rings. The third-order valence-corrected chi connectivity index (χ3v) is 4.39. The van der Waals surface area contributed by atoms with Crippen molar-refractivity contribution >= 4 is 5.91 Å². The minimum atomic E-state index is -0.678. The first-order chi connectivity index (χ1) is 11.8. The maximum absolute atomic E-state index is 12.6. The number of carbonyl (C=O) groups excluding carboxylic acids is 1. The van der Waals surface area contributed by atoms with E-state index in [1.165, 1.54) is 0 Å². The van der Waals surface area contributed by atoms with E-state index >= 15 is 0 Å². The minimum Gasteiger partial charge on any atom is -0.390 e. The van der Waals surface area contributed by atoms with E-state index in [1.54, 1.807) is 0 Å². The zero-order chi connectivity index (χ0) is 18.4. The van der Waals surface area contributed by atoms with Gasteiger partial charge in [0.1, 0.15) is 6.04 Å². The molecule has 1 aliphatic heterocycles. The van der Waals surface area contributed by atoms with Gasteiger partial charge in [-0.1, -0.05) is 30.3 Å². The normalized spacial score (nSPS) is 21.6. The lowest BCUT2D eigenvalue weighted by atomic mass is 10.0. The molecule has 6 nitrogen and oxygen atoms in total. The second-order valence-corrected chi connectivity index (χ2v) is 7.88. The summed E-state index contributed by atoms with van der Waals surface area (Å²) < 4.78 is 0. The van der Waals surface area contributed by atoms with Crippen LogP contribution in [0.1, 0.15) is 26.3 Å². The molecule has 0 unspecified atom stereocenters. The first kappa shape index (κ1) is 19.8. The molecule has 3 atom stereocenters. The second kappa shape index (κ2) is 8.76. The van der Waals surface area contributed by atoms with Crippen LogP contribution < -0.4 is 16.4 Å². The summed E-state index contributed by atoms with van der Waals surface area (Å²) in [4.78, 5) is 14.6. The lowest BCUT2D eigenvalue weighted by molar-refractivity contribution is -0.129. The molecule has 1 amide bonds. The summed E-state index contributed by atoms with van der Waals surface area (Å²) in [5.41, 5.74) is 7.03. The third kappa shape index (κ3) is 6.40. The fourth-order valence-corrected chi connectivity index (χ4v) is 3.07. The van der Waals surface area contributed by atoms with Gasteiger partial charge in [-0.05, 0) is 32.8 Å². The van der Waals surface area contributed by atoms with Crippen LogP contribution in [-0.4, -0.2) is 65.8 Å². The van der Waals surface area contributed by atoms with Crippen molar-refractivity contribution in [2.75, 3.05) is 26.2 Å². The van der Waals surface area contributed by atoms with E-state index in [9.17, 15) is 9.90 Å². The molecule has 0 radical (unpaired) electrons. The highest BCUT2D eigenvalue weighted by atomic mass is 16.3. The van der Waals surface area contributed by atoms with Crippen molar-refractivity contribution in [3.8, 4) is 0 Å². The van der Waals surface area contributed by atoms with E-state index in [1.807, 2.05) is 56.0 Å². The number of aliphatic hydroxyl groups is 1. The summed E-state index contributed by atoms with van der Waals surface area (Å²) in [6.45, 7) is 8.42. The zero-order valence-corrected chi connectivity index (χ0v) is 15.5. The van der Waals surface area contributed by atoms with Crippen molar-refractivity contribution in [1.29, 1.82) is 0 Å². The highest BCUT2D eigenvalue weighted by molar-refractivity contribution is 5.82. The monoisotopic (exact) mass is 348 g/mol. The van der Waals surface area contributed by atoms with Gasteiger partial charge < -0.3 is 21.5 Å². The van der Waals surface area contributed by atoms with E-state index in [4.69, 9.17) is 5.73 Å². The number of hydrogen-bond acceptors (Lipinski definition) is 5. The van der Waals surface area contributed by atoms with Crippen molar-refractivity contribution in [3.05, 3.63) is 35.9 Å². The molecule has 25 heavy (non-hydrogen) atoms. The summed E-state index contributed by atoms with van der Waals surface area (Å²) in [5, 5.41) is 16.8. The number of nitrogens with zero attached hydrogens (tertiary/aromatic N) is 1. The SMILES string of the molecule is CC(C)(C)NC(=O)[C@@H]1CNCCN1C[C@@H](O)[C@@H](N)Cc1ccccc1. The average molecular weight is 348 g/mol. The number of benzene rings is 1. The quantitative estimate of drug-likeness (QED) is 0.586. The number of nitrogens with two attached hydrogens (primary N) is 1. The van der Waals surface area contributed by atoms with Crippen LogP contribution in [0.15, 0.2) is 30.3 Å². The molecular weight excluding hydrogens is 316 g/mol. The van der Waals surface area contributed by atoms with Crippen LogP contribution in [0, 0.1) is 0 Å². The van der Waals surface area contributed by atoms with Gasteiger partial charge in [0.2, 0.25) is 5.91 Å². The molecule has 0 saturated carbocycles. The van der Waals surface area contributed by atoms with Crippen LogP contribution in [0.5, 0.6) is 0 Å². The summed E-state index contributed by atoms with van der Waals surface area (Å²) in [6.07, 6.45) is -0.0595. The summed E-state index contributed by atoms with van der Waals surface area (Å²) in [7, 11) is 0. The highest BCUT2D eigenvalue weighted by Crippen LogP contribution is 2.11. The van der Waals surface area contributed by atoms with E-state index in [0.717, 1.165) is 18.7 Å². The Bertz CT molecular complexity index is 544. The maximum Gasteiger partial charge on any atom is 0.239 e. The molecule has 1 aromatic carbocycles. The molecule has 0 aromatic heterocycles. The molecule has 2 rings (SSSR count). The number of β-amino-alcohol motifs (C(OH)–C–C–N with tert-alkyl or cyclic N) is 1. The molecule has 1 saturated heterocycles. The molecule has 1 aromatic rings. The summed E-state index contributed by atoms with van der Waals surface area (Å²) in [6, 6.07) is 9.28. The highest BCUT2D eigenvalue weighted by Gasteiger charge is 2.32. The Morgan fingerprint density at radius 1 is 1.40 bits per heavy atom. The van der Waals surface area contributed by atoms with Crippen LogP contribution in [0.25, 0.3) is 0 Å². The number of amides is 1. The van der Waals surface area contributed by atoms with Gasteiger partial charge in [0.05, 0.1) is 6.10 Å². The summed E-state index contributed by atoms with van der Waals surface area (Å²) in [5.74, 6) is -0.0106. The number of aliphatic hydroxyl groups excluding tert-OH is 1. The molecule has 6 heteroatoms. The molecule has 1 fully saturated rings. The van der Waals surface area contributed by atoms with Crippen molar-refractivity contribution < 1.29 is 9.90 Å². The molecule has 0 bridgehead atoms. The largest absolute Gasteiger partial charge is 0.390 e. The predicted molar refractivity (Wildman–Crippen MR) is 100 cm³/mol. The van der Waals surface area contributed by atoms with Gasteiger partial charge >= 0.3 is 0 Å². The molecular formula is C19H32N4O2. The lowest BCUT2D eigenvalue weighted by Gasteiger charge is -2.38. The van der Waals surface area contributed by atoms with Crippen molar-refractivity contribution in [1.82, 2.24) is 15.5 Å². The van der Waals surface area contributed by atoms with Crippen LogP contribution >= 0.6 is 0 Å². The van der Waals surface area contributed by atoms with E-state index < -0.39 is 6.10 Å². The second-order valence-electron chi connectivity index (χ2n) is 7.88. The number of carbonyl (C=O) groups is 1. The number of hydrogen-bond donors (Lipinski definition) is 4. The predicted octanol–water partition coefficient (Wildman–Crippen LogP) is 0.106. The first-order valence-corrected chi connectivity index (χ1v) is 9.00.